The first-order valence-electron chi connectivity index (χ1n) is 5.92. The third-order valence-electron chi connectivity index (χ3n) is 3.06. The summed E-state index contributed by atoms with van der Waals surface area (Å²) in [5.74, 6) is 0.946. The van der Waals surface area contributed by atoms with Crippen LogP contribution in [0.4, 0.5) is 5.82 Å². The number of hydrogen-bond donors (Lipinski definition) is 1. The van der Waals surface area contributed by atoms with Crippen LogP contribution in [0.3, 0.4) is 0 Å². The van der Waals surface area contributed by atoms with Crippen molar-refractivity contribution in [1.82, 2.24) is 10.3 Å². The fraction of sp³-hybridized carbons (Fsp3) is 0.583. The molecule has 2 heterocycles. The highest BCUT2D eigenvalue weighted by Crippen LogP contribution is 2.26. The van der Waals surface area contributed by atoms with Gasteiger partial charge in [0.25, 0.3) is 0 Å². The lowest BCUT2D eigenvalue weighted by molar-refractivity contribution is 0.403. The van der Waals surface area contributed by atoms with Crippen molar-refractivity contribution >= 4 is 33.3 Å². The second-order valence-electron chi connectivity index (χ2n) is 4.49. The van der Waals surface area contributed by atoms with E-state index in [4.69, 9.17) is 11.6 Å². The average molecular weight is 319 g/mol. The van der Waals surface area contributed by atoms with Crippen molar-refractivity contribution in [1.29, 1.82) is 0 Å². The first kappa shape index (κ1) is 13.1. The van der Waals surface area contributed by atoms with Gasteiger partial charge in [0.1, 0.15) is 5.82 Å². The molecular formula is C12H17BrClN3. The third kappa shape index (κ3) is 3.57. The molecule has 5 heteroatoms. The Bertz CT molecular complexity index is 380. The minimum absolute atomic E-state index is 0.568. The minimum atomic E-state index is 0.568. The number of likely N-dealkylation sites (N-methyl/N-ethyl adjacent to an activating group) is 1. The SMILES string of the molecule is CN(CC1CCCCN1)c1ncc(Cl)cc1Br. The van der Waals surface area contributed by atoms with Gasteiger partial charge in [-0.15, -0.1) is 0 Å². The highest BCUT2D eigenvalue weighted by Gasteiger charge is 2.16. The van der Waals surface area contributed by atoms with Crippen LogP contribution in [0, 0.1) is 0 Å². The maximum atomic E-state index is 5.89. The summed E-state index contributed by atoms with van der Waals surface area (Å²) in [6, 6.07) is 2.45. The van der Waals surface area contributed by atoms with Gasteiger partial charge in [0, 0.05) is 25.8 Å². The highest BCUT2D eigenvalue weighted by atomic mass is 79.9. The molecule has 1 aliphatic rings. The number of rotatable bonds is 3. The van der Waals surface area contributed by atoms with Gasteiger partial charge < -0.3 is 10.2 Å². The topological polar surface area (TPSA) is 28.2 Å². The van der Waals surface area contributed by atoms with Crippen molar-refractivity contribution in [3.05, 3.63) is 21.8 Å². The molecule has 17 heavy (non-hydrogen) atoms. The second kappa shape index (κ2) is 6.03. The molecule has 3 nitrogen and oxygen atoms in total. The number of anilines is 1. The molecule has 1 unspecified atom stereocenters. The summed E-state index contributed by atoms with van der Waals surface area (Å²) in [7, 11) is 2.07. The Morgan fingerprint density at radius 1 is 1.59 bits per heavy atom. The van der Waals surface area contributed by atoms with Gasteiger partial charge >= 0.3 is 0 Å². The number of hydrogen-bond acceptors (Lipinski definition) is 3. The molecular weight excluding hydrogens is 302 g/mol. The van der Waals surface area contributed by atoms with E-state index >= 15 is 0 Å². The van der Waals surface area contributed by atoms with Crippen molar-refractivity contribution in [2.24, 2.45) is 0 Å². The van der Waals surface area contributed by atoms with Crippen molar-refractivity contribution in [3.63, 3.8) is 0 Å². The molecule has 1 atom stereocenters. The molecule has 0 saturated carbocycles. The van der Waals surface area contributed by atoms with Gasteiger partial charge in [-0.1, -0.05) is 18.0 Å². The fourth-order valence-electron chi connectivity index (χ4n) is 2.19. The zero-order chi connectivity index (χ0) is 12.3. The van der Waals surface area contributed by atoms with Crippen LogP contribution in [0.5, 0.6) is 0 Å². The summed E-state index contributed by atoms with van der Waals surface area (Å²) in [6.07, 6.45) is 5.55. The molecule has 1 aromatic heterocycles. The number of nitrogens with one attached hydrogen (secondary N) is 1. The van der Waals surface area contributed by atoms with E-state index in [1.54, 1.807) is 6.20 Å². The van der Waals surface area contributed by atoms with Crippen molar-refractivity contribution in [2.45, 2.75) is 25.3 Å². The zero-order valence-electron chi connectivity index (χ0n) is 9.92. The maximum Gasteiger partial charge on any atom is 0.142 e. The number of pyridine rings is 1. The normalized spacial score (nSPS) is 20.3. The summed E-state index contributed by atoms with van der Waals surface area (Å²) in [4.78, 5) is 6.53. The van der Waals surface area contributed by atoms with Crippen LogP contribution in [-0.2, 0) is 0 Å². The largest absolute Gasteiger partial charge is 0.357 e. The molecule has 0 aliphatic carbocycles. The van der Waals surface area contributed by atoms with Crippen LogP contribution >= 0.6 is 27.5 Å². The number of piperidine rings is 1. The molecule has 2 rings (SSSR count). The molecule has 0 spiro atoms. The highest BCUT2D eigenvalue weighted by molar-refractivity contribution is 9.10. The molecule has 0 aromatic carbocycles. The summed E-state index contributed by atoms with van der Waals surface area (Å²) < 4.78 is 0.948. The molecule has 94 valence electrons. The van der Waals surface area contributed by atoms with Gasteiger partial charge in [0.05, 0.1) is 9.50 Å². The zero-order valence-corrected chi connectivity index (χ0v) is 12.3. The molecule has 1 saturated heterocycles. The smallest absolute Gasteiger partial charge is 0.142 e. The predicted molar refractivity (Wildman–Crippen MR) is 75.9 cm³/mol. The first-order chi connectivity index (χ1) is 8.16. The quantitative estimate of drug-likeness (QED) is 0.928. The fourth-order valence-corrected chi connectivity index (χ4v) is 3.13. The van der Waals surface area contributed by atoms with E-state index in [0.717, 1.165) is 23.4 Å². The van der Waals surface area contributed by atoms with Gasteiger partial charge in [0.2, 0.25) is 0 Å². The summed E-state index contributed by atoms with van der Waals surface area (Å²) in [5, 5.41) is 4.20. The van der Waals surface area contributed by atoms with Crippen LogP contribution in [0.1, 0.15) is 19.3 Å². The molecule has 1 N–H and O–H groups in total. The van der Waals surface area contributed by atoms with E-state index in [0.29, 0.717) is 11.1 Å². The molecule has 0 bridgehead atoms. The van der Waals surface area contributed by atoms with Crippen LogP contribution in [0.25, 0.3) is 0 Å². The van der Waals surface area contributed by atoms with E-state index < -0.39 is 0 Å². The van der Waals surface area contributed by atoms with Crippen LogP contribution in [0.2, 0.25) is 5.02 Å². The van der Waals surface area contributed by atoms with E-state index in [1.807, 2.05) is 6.07 Å². The standard InChI is InChI=1S/C12H17BrClN3/c1-17(8-10-4-2-3-5-15-10)12-11(13)6-9(14)7-16-12/h6-7,10,15H,2-5,8H2,1H3. The first-order valence-corrected chi connectivity index (χ1v) is 7.09. The van der Waals surface area contributed by atoms with Crippen molar-refractivity contribution < 1.29 is 0 Å². The maximum absolute atomic E-state index is 5.89. The lowest BCUT2D eigenvalue weighted by Crippen LogP contribution is -2.42. The van der Waals surface area contributed by atoms with Gasteiger partial charge in [-0.05, 0) is 41.4 Å². The Morgan fingerprint density at radius 3 is 3.06 bits per heavy atom. The summed E-state index contributed by atoms with van der Waals surface area (Å²) in [6.45, 7) is 2.11. The second-order valence-corrected chi connectivity index (χ2v) is 5.78. The third-order valence-corrected chi connectivity index (χ3v) is 3.85. The van der Waals surface area contributed by atoms with E-state index in [9.17, 15) is 0 Å². The Balaban J connectivity index is 2.00. The average Bonchev–Trinajstić information content (AvgIpc) is 2.30. The van der Waals surface area contributed by atoms with Gasteiger partial charge in [-0.3, -0.25) is 0 Å². The van der Waals surface area contributed by atoms with E-state index in [2.05, 4.69) is 38.2 Å². The lowest BCUT2D eigenvalue weighted by Gasteiger charge is -2.29. The Hall–Kier alpha value is -0.320. The Morgan fingerprint density at radius 2 is 2.41 bits per heavy atom. The molecule has 0 radical (unpaired) electrons. The van der Waals surface area contributed by atoms with E-state index in [-0.39, 0.29) is 0 Å². The number of halogens is 2. The molecule has 1 fully saturated rings. The Labute approximate surface area is 116 Å². The van der Waals surface area contributed by atoms with Crippen LogP contribution in [0.15, 0.2) is 16.7 Å². The molecule has 0 amide bonds. The Kier molecular flexibility index (Phi) is 4.65. The van der Waals surface area contributed by atoms with Gasteiger partial charge in [-0.2, -0.15) is 0 Å². The van der Waals surface area contributed by atoms with Gasteiger partial charge in [0.15, 0.2) is 0 Å². The number of aromatic nitrogens is 1. The monoisotopic (exact) mass is 317 g/mol. The minimum Gasteiger partial charge on any atom is -0.357 e. The molecule has 1 aromatic rings. The number of nitrogens with zero attached hydrogens (tertiary/aromatic N) is 2. The summed E-state index contributed by atoms with van der Waals surface area (Å²) in [5.41, 5.74) is 0. The van der Waals surface area contributed by atoms with E-state index in [1.165, 1.54) is 19.3 Å². The lowest BCUT2D eigenvalue weighted by atomic mass is 10.0. The molecule has 1 aliphatic heterocycles. The van der Waals surface area contributed by atoms with Gasteiger partial charge in [-0.25, -0.2) is 4.98 Å². The van der Waals surface area contributed by atoms with Crippen LogP contribution in [-0.4, -0.2) is 31.2 Å². The summed E-state index contributed by atoms with van der Waals surface area (Å²) >= 11 is 9.39. The van der Waals surface area contributed by atoms with Crippen LogP contribution < -0.4 is 10.2 Å². The van der Waals surface area contributed by atoms with Crippen molar-refractivity contribution in [3.8, 4) is 0 Å². The predicted octanol–water partition coefficient (Wildman–Crippen LogP) is 3.08. The van der Waals surface area contributed by atoms with Crippen molar-refractivity contribution in [2.75, 3.05) is 25.0 Å².